The van der Waals surface area contributed by atoms with Gasteiger partial charge in [-0.15, -0.1) is 53.1 Å². The maximum absolute atomic E-state index is 6.05. The first-order valence-electron chi connectivity index (χ1n) is 11.7. The quantitative estimate of drug-likeness (QED) is 0.178. The molecule has 0 fully saturated rings. The summed E-state index contributed by atoms with van der Waals surface area (Å²) in [6.45, 7) is 8.30. The van der Waals surface area contributed by atoms with Crippen molar-refractivity contribution in [2.45, 2.75) is 27.7 Å². The van der Waals surface area contributed by atoms with E-state index in [9.17, 15) is 0 Å². The SMILES string of the molecule is Cc1[c-]c(-c2cc(C)ccn2)cc(C)c1.Cc1ccc2c(c1)oc1c(-c3ccccn3)[c-]ccc12.[Ir]. The molecular formula is C32H26IrN2O-2. The zero-order chi connectivity index (χ0) is 24.4. The molecule has 1 radical (unpaired) electrons. The van der Waals surface area contributed by atoms with Crippen LogP contribution in [-0.4, -0.2) is 9.97 Å². The summed E-state index contributed by atoms with van der Waals surface area (Å²) in [7, 11) is 0. The molecule has 36 heavy (non-hydrogen) atoms. The van der Waals surface area contributed by atoms with Crippen molar-refractivity contribution in [2.24, 2.45) is 0 Å². The fraction of sp³-hybridized carbons (Fsp3) is 0.125. The third kappa shape index (κ3) is 5.46. The Labute approximate surface area is 225 Å². The van der Waals surface area contributed by atoms with E-state index in [1.54, 1.807) is 6.20 Å². The summed E-state index contributed by atoms with van der Waals surface area (Å²) in [5.41, 5.74) is 10.5. The van der Waals surface area contributed by atoms with Crippen molar-refractivity contribution in [1.82, 2.24) is 9.97 Å². The van der Waals surface area contributed by atoms with Crippen molar-refractivity contribution < 1.29 is 24.5 Å². The van der Waals surface area contributed by atoms with Gasteiger partial charge in [0.05, 0.1) is 5.58 Å². The molecule has 0 aliphatic heterocycles. The molecule has 3 aromatic carbocycles. The van der Waals surface area contributed by atoms with Gasteiger partial charge in [0.25, 0.3) is 0 Å². The topological polar surface area (TPSA) is 38.9 Å². The number of pyridine rings is 2. The third-order valence-corrected chi connectivity index (χ3v) is 5.85. The van der Waals surface area contributed by atoms with E-state index in [2.05, 4.69) is 86.2 Å². The van der Waals surface area contributed by atoms with Crippen molar-refractivity contribution >= 4 is 21.9 Å². The van der Waals surface area contributed by atoms with Gasteiger partial charge in [-0.2, -0.15) is 0 Å². The minimum Gasteiger partial charge on any atom is -0.501 e. The van der Waals surface area contributed by atoms with Crippen LogP contribution in [0.1, 0.15) is 22.3 Å². The van der Waals surface area contributed by atoms with E-state index in [-0.39, 0.29) is 20.1 Å². The van der Waals surface area contributed by atoms with Gasteiger partial charge in [0.2, 0.25) is 0 Å². The predicted octanol–water partition coefficient (Wildman–Crippen LogP) is 8.23. The molecule has 181 valence electrons. The van der Waals surface area contributed by atoms with Gasteiger partial charge >= 0.3 is 0 Å². The van der Waals surface area contributed by atoms with E-state index in [4.69, 9.17) is 4.42 Å². The standard InChI is InChI=1S/C18H12NO.C14H14N.Ir/c1-12-8-9-13-14-5-4-6-15(16-7-2-3-10-19-16)18(14)20-17(13)11-12;1-10-4-5-15-14(9-10)13-7-11(2)6-12(3)8-13;/h2-5,7-11H,1H3;4-7,9H,1-3H3;/q2*-1;. The molecular weight excluding hydrogens is 621 g/mol. The summed E-state index contributed by atoms with van der Waals surface area (Å²) in [5, 5.41) is 2.25. The molecule has 0 bridgehead atoms. The van der Waals surface area contributed by atoms with E-state index >= 15 is 0 Å². The van der Waals surface area contributed by atoms with E-state index in [0.717, 1.165) is 50.0 Å². The molecule has 0 aliphatic rings. The minimum atomic E-state index is 0. The molecule has 3 heterocycles. The monoisotopic (exact) mass is 647 g/mol. The van der Waals surface area contributed by atoms with Gasteiger partial charge in [-0.1, -0.05) is 60.7 Å². The second-order valence-electron chi connectivity index (χ2n) is 8.88. The van der Waals surface area contributed by atoms with Crippen LogP contribution in [0.2, 0.25) is 0 Å². The maximum Gasteiger partial charge on any atom is 0.121 e. The molecule has 6 aromatic rings. The Morgan fingerprint density at radius 1 is 0.694 bits per heavy atom. The van der Waals surface area contributed by atoms with Gasteiger partial charge in [0, 0.05) is 37.9 Å². The number of hydrogen-bond donors (Lipinski definition) is 0. The van der Waals surface area contributed by atoms with Crippen LogP contribution in [0, 0.1) is 39.8 Å². The number of nitrogens with zero attached hydrogens (tertiary/aromatic N) is 2. The van der Waals surface area contributed by atoms with Crippen LogP contribution in [0.3, 0.4) is 0 Å². The first kappa shape index (κ1) is 25.5. The van der Waals surface area contributed by atoms with Gasteiger partial charge in [-0.25, -0.2) is 0 Å². The number of aryl methyl sites for hydroxylation is 4. The van der Waals surface area contributed by atoms with Gasteiger partial charge in [0.1, 0.15) is 5.58 Å². The van der Waals surface area contributed by atoms with Gasteiger partial charge < -0.3 is 14.4 Å². The Morgan fingerprint density at radius 2 is 1.50 bits per heavy atom. The second kappa shape index (κ2) is 11.0. The van der Waals surface area contributed by atoms with Crippen molar-refractivity contribution in [1.29, 1.82) is 0 Å². The predicted molar refractivity (Wildman–Crippen MR) is 143 cm³/mol. The molecule has 3 aromatic heterocycles. The molecule has 0 atom stereocenters. The van der Waals surface area contributed by atoms with Crippen LogP contribution in [-0.2, 0) is 20.1 Å². The fourth-order valence-electron chi connectivity index (χ4n) is 4.27. The number of rotatable bonds is 2. The summed E-state index contributed by atoms with van der Waals surface area (Å²) in [6, 6.07) is 31.0. The van der Waals surface area contributed by atoms with Crippen molar-refractivity contribution in [2.75, 3.05) is 0 Å². The number of benzene rings is 3. The van der Waals surface area contributed by atoms with Crippen LogP contribution >= 0.6 is 0 Å². The van der Waals surface area contributed by atoms with Crippen LogP contribution in [0.4, 0.5) is 0 Å². The molecule has 0 saturated heterocycles. The molecule has 3 nitrogen and oxygen atoms in total. The Bertz CT molecular complexity index is 1620. The van der Waals surface area contributed by atoms with Crippen molar-refractivity contribution in [3.8, 4) is 22.5 Å². The first-order chi connectivity index (χ1) is 17.0. The molecule has 0 spiro atoms. The van der Waals surface area contributed by atoms with Gasteiger partial charge in [-0.05, 0) is 49.0 Å². The number of furan rings is 1. The zero-order valence-corrected chi connectivity index (χ0v) is 23.1. The van der Waals surface area contributed by atoms with Crippen LogP contribution in [0.15, 0.2) is 89.6 Å². The third-order valence-electron chi connectivity index (χ3n) is 5.85. The van der Waals surface area contributed by atoms with E-state index in [0.29, 0.717) is 0 Å². The maximum atomic E-state index is 6.05. The van der Waals surface area contributed by atoms with Gasteiger partial charge in [-0.3, -0.25) is 0 Å². The minimum absolute atomic E-state index is 0. The Balaban J connectivity index is 0.000000172. The summed E-state index contributed by atoms with van der Waals surface area (Å²) in [4.78, 5) is 8.76. The average molecular weight is 647 g/mol. The number of aromatic nitrogens is 2. The number of hydrogen-bond acceptors (Lipinski definition) is 3. The molecule has 4 heteroatoms. The first-order valence-corrected chi connectivity index (χ1v) is 11.7. The summed E-state index contributed by atoms with van der Waals surface area (Å²) in [6.07, 6.45) is 3.63. The largest absolute Gasteiger partial charge is 0.501 e. The van der Waals surface area contributed by atoms with E-state index in [1.165, 1.54) is 16.7 Å². The van der Waals surface area contributed by atoms with Crippen LogP contribution in [0.25, 0.3) is 44.5 Å². The van der Waals surface area contributed by atoms with Crippen molar-refractivity contribution in [3.05, 3.63) is 120 Å². The van der Waals surface area contributed by atoms with Gasteiger partial charge in [0.15, 0.2) is 0 Å². The zero-order valence-electron chi connectivity index (χ0n) is 20.7. The Kier molecular flexibility index (Phi) is 7.78. The Morgan fingerprint density at radius 3 is 2.25 bits per heavy atom. The molecule has 0 unspecified atom stereocenters. The van der Waals surface area contributed by atoms with Crippen LogP contribution < -0.4 is 0 Å². The summed E-state index contributed by atoms with van der Waals surface area (Å²) in [5.74, 6) is 0. The Hall–Kier alpha value is -3.59. The second-order valence-corrected chi connectivity index (χ2v) is 8.88. The van der Waals surface area contributed by atoms with E-state index < -0.39 is 0 Å². The van der Waals surface area contributed by atoms with E-state index in [1.807, 2.05) is 42.6 Å². The normalized spacial score (nSPS) is 10.6. The summed E-state index contributed by atoms with van der Waals surface area (Å²) >= 11 is 0. The van der Waals surface area contributed by atoms with Crippen LogP contribution in [0.5, 0.6) is 0 Å². The molecule has 6 rings (SSSR count). The smallest absolute Gasteiger partial charge is 0.121 e. The van der Waals surface area contributed by atoms with Crippen molar-refractivity contribution in [3.63, 3.8) is 0 Å². The molecule has 0 saturated carbocycles. The number of fused-ring (bicyclic) bond motifs is 3. The molecule has 0 amide bonds. The summed E-state index contributed by atoms with van der Waals surface area (Å²) < 4.78 is 6.05. The fourth-order valence-corrected chi connectivity index (χ4v) is 4.27. The molecule has 0 N–H and O–H groups in total. The molecule has 0 aliphatic carbocycles. The average Bonchev–Trinajstić information content (AvgIpc) is 3.22.